The van der Waals surface area contributed by atoms with Gasteiger partial charge in [0.2, 0.25) is 0 Å². The van der Waals surface area contributed by atoms with Gasteiger partial charge >= 0.3 is 6.03 Å². The lowest BCUT2D eigenvalue weighted by atomic mass is 10.4. The molecule has 0 fully saturated rings. The van der Waals surface area contributed by atoms with Crippen molar-refractivity contribution in [1.82, 2.24) is 4.37 Å². The van der Waals surface area contributed by atoms with Crippen molar-refractivity contribution < 1.29 is 4.79 Å². The third-order valence-electron chi connectivity index (χ3n) is 1.46. The van der Waals surface area contributed by atoms with E-state index in [2.05, 4.69) is 4.37 Å². The summed E-state index contributed by atoms with van der Waals surface area (Å²) in [5, 5.41) is 0.808. The van der Waals surface area contributed by atoms with E-state index in [1.54, 1.807) is 0 Å². The molecular weight excluding hydrogens is 174 g/mol. The highest BCUT2D eigenvalue weighted by atomic mass is 32.1. The molecule has 0 atom stereocenters. The van der Waals surface area contributed by atoms with E-state index in [4.69, 9.17) is 5.73 Å². The van der Waals surface area contributed by atoms with Crippen molar-refractivity contribution in [3.8, 4) is 0 Å². The Bertz CT molecular complexity index is 284. The standard InChI is InChI=1S/C7H11N3OS/c1-3-10(7(8)11)6-4-5(2)9-12-6/h4H,3H2,1-2H3,(H2,8,11). The van der Waals surface area contributed by atoms with Crippen LogP contribution in [0, 0.1) is 6.92 Å². The van der Waals surface area contributed by atoms with Gasteiger partial charge in [0.15, 0.2) is 0 Å². The van der Waals surface area contributed by atoms with Crippen molar-refractivity contribution in [2.24, 2.45) is 5.73 Å². The summed E-state index contributed by atoms with van der Waals surface area (Å²) in [7, 11) is 0. The summed E-state index contributed by atoms with van der Waals surface area (Å²) < 4.78 is 4.06. The van der Waals surface area contributed by atoms with E-state index in [-0.39, 0.29) is 0 Å². The molecule has 0 unspecified atom stereocenters. The van der Waals surface area contributed by atoms with Gasteiger partial charge in [-0.2, -0.15) is 4.37 Å². The van der Waals surface area contributed by atoms with E-state index in [1.165, 1.54) is 16.4 Å². The number of carbonyl (C=O) groups excluding carboxylic acids is 1. The van der Waals surface area contributed by atoms with Gasteiger partial charge in [-0.1, -0.05) is 0 Å². The highest BCUT2D eigenvalue weighted by Crippen LogP contribution is 2.20. The van der Waals surface area contributed by atoms with E-state index < -0.39 is 6.03 Å². The molecule has 1 heterocycles. The summed E-state index contributed by atoms with van der Waals surface area (Å²) in [6.45, 7) is 4.34. The van der Waals surface area contributed by atoms with Crippen molar-refractivity contribution in [1.29, 1.82) is 0 Å². The number of nitrogens with two attached hydrogens (primary N) is 1. The number of hydrogen-bond donors (Lipinski definition) is 1. The van der Waals surface area contributed by atoms with Gasteiger partial charge in [0.05, 0.1) is 5.69 Å². The fourth-order valence-corrected chi connectivity index (χ4v) is 1.73. The third-order valence-corrected chi connectivity index (χ3v) is 2.37. The predicted molar refractivity (Wildman–Crippen MR) is 49.5 cm³/mol. The molecule has 0 saturated heterocycles. The molecule has 1 aromatic rings. The lowest BCUT2D eigenvalue weighted by molar-refractivity contribution is 0.254. The average Bonchev–Trinajstić information content (AvgIpc) is 2.37. The summed E-state index contributed by atoms with van der Waals surface area (Å²) in [5.74, 6) is 0. The molecule has 0 spiro atoms. The maximum absolute atomic E-state index is 10.9. The molecule has 0 saturated carbocycles. The van der Waals surface area contributed by atoms with Crippen LogP contribution in [-0.4, -0.2) is 16.9 Å². The van der Waals surface area contributed by atoms with Crippen molar-refractivity contribution in [2.45, 2.75) is 13.8 Å². The number of aromatic nitrogens is 1. The van der Waals surface area contributed by atoms with Crippen LogP contribution in [0.5, 0.6) is 0 Å². The molecule has 0 aromatic carbocycles. The summed E-state index contributed by atoms with van der Waals surface area (Å²) in [5.41, 5.74) is 6.07. The van der Waals surface area contributed by atoms with E-state index >= 15 is 0 Å². The maximum atomic E-state index is 10.9. The minimum absolute atomic E-state index is 0.429. The number of rotatable bonds is 2. The van der Waals surface area contributed by atoms with Crippen LogP contribution in [0.2, 0.25) is 0 Å². The molecule has 0 bridgehead atoms. The van der Waals surface area contributed by atoms with Crippen LogP contribution >= 0.6 is 11.5 Å². The molecular formula is C7H11N3OS. The van der Waals surface area contributed by atoms with Gasteiger partial charge in [-0.15, -0.1) is 0 Å². The monoisotopic (exact) mass is 185 g/mol. The second-order valence-electron chi connectivity index (χ2n) is 2.39. The first-order valence-corrected chi connectivity index (χ1v) is 4.42. The third kappa shape index (κ3) is 1.73. The number of amides is 2. The second-order valence-corrected chi connectivity index (χ2v) is 3.17. The SMILES string of the molecule is CCN(C(N)=O)c1cc(C)ns1. The smallest absolute Gasteiger partial charge is 0.319 e. The Balaban J connectivity index is 2.87. The van der Waals surface area contributed by atoms with Crippen molar-refractivity contribution >= 4 is 22.6 Å². The summed E-state index contributed by atoms with van der Waals surface area (Å²) >= 11 is 1.29. The molecule has 1 rings (SSSR count). The Labute approximate surface area is 75.2 Å². The van der Waals surface area contributed by atoms with Crippen LogP contribution in [0.25, 0.3) is 0 Å². The van der Waals surface area contributed by atoms with E-state index in [9.17, 15) is 4.79 Å². The molecule has 66 valence electrons. The molecule has 2 N–H and O–H groups in total. The molecule has 2 amide bonds. The summed E-state index contributed by atoms with van der Waals surface area (Å²) in [6, 6.07) is 1.42. The van der Waals surface area contributed by atoms with Crippen molar-refractivity contribution in [3.05, 3.63) is 11.8 Å². The largest absolute Gasteiger partial charge is 0.351 e. The van der Waals surface area contributed by atoms with Crippen LogP contribution in [-0.2, 0) is 0 Å². The highest BCUT2D eigenvalue weighted by molar-refractivity contribution is 7.10. The quantitative estimate of drug-likeness (QED) is 0.756. The zero-order valence-electron chi connectivity index (χ0n) is 7.07. The van der Waals surface area contributed by atoms with Gasteiger partial charge < -0.3 is 5.73 Å². The summed E-state index contributed by atoms with van der Waals surface area (Å²) in [4.78, 5) is 12.4. The van der Waals surface area contributed by atoms with Crippen LogP contribution in [0.3, 0.4) is 0 Å². The van der Waals surface area contributed by atoms with Crippen molar-refractivity contribution in [2.75, 3.05) is 11.4 Å². The van der Waals surface area contributed by atoms with E-state index in [0.717, 1.165) is 10.7 Å². The first kappa shape index (κ1) is 8.99. The minimum atomic E-state index is -0.429. The fraction of sp³-hybridized carbons (Fsp3) is 0.429. The number of primary amides is 1. The zero-order valence-corrected chi connectivity index (χ0v) is 7.89. The number of aryl methyl sites for hydroxylation is 1. The highest BCUT2D eigenvalue weighted by Gasteiger charge is 2.11. The Kier molecular flexibility index (Phi) is 2.65. The number of carbonyl (C=O) groups is 1. The second kappa shape index (κ2) is 3.53. The molecule has 0 aliphatic rings. The number of anilines is 1. The van der Waals surface area contributed by atoms with Gasteiger partial charge in [0, 0.05) is 6.54 Å². The van der Waals surface area contributed by atoms with Crippen LogP contribution < -0.4 is 10.6 Å². The van der Waals surface area contributed by atoms with Gasteiger partial charge in [-0.05, 0) is 31.4 Å². The molecule has 0 aliphatic carbocycles. The van der Waals surface area contributed by atoms with Gasteiger partial charge in [-0.3, -0.25) is 4.90 Å². The normalized spacial score (nSPS) is 9.83. The van der Waals surface area contributed by atoms with Gasteiger partial charge in [0.1, 0.15) is 5.00 Å². The van der Waals surface area contributed by atoms with Gasteiger partial charge in [-0.25, -0.2) is 4.79 Å². The van der Waals surface area contributed by atoms with E-state index in [0.29, 0.717) is 6.54 Å². The van der Waals surface area contributed by atoms with E-state index in [1.807, 2.05) is 19.9 Å². The van der Waals surface area contributed by atoms with Crippen molar-refractivity contribution in [3.63, 3.8) is 0 Å². The molecule has 0 radical (unpaired) electrons. The van der Waals surface area contributed by atoms with Gasteiger partial charge in [0.25, 0.3) is 0 Å². The average molecular weight is 185 g/mol. The molecule has 0 aliphatic heterocycles. The zero-order chi connectivity index (χ0) is 9.14. The number of hydrogen-bond acceptors (Lipinski definition) is 3. The number of nitrogens with zero attached hydrogens (tertiary/aromatic N) is 2. The lowest BCUT2D eigenvalue weighted by Gasteiger charge is -2.14. The Morgan fingerprint density at radius 1 is 1.83 bits per heavy atom. The molecule has 12 heavy (non-hydrogen) atoms. The van der Waals surface area contributed by atoms with Crippen LogP contribution in [0.15, 0.2) is 6.07 Å². The van der Waals surface area contributed by atoms with Crippen LogP contribution in [0.4, 0.5) is 9.80 Å². The fourth-order valence-electron chi connectivity index (χ4n) is 0.898. The maximum Gasteiger partial charge on any atom is 0.319 e. The Hall–Kier alpha value is -1.10. The molecule has 4 nitrogen and oxygen atoms in total. The topological polar surface area (TPSA) is 59.2 Å². The predicted octanol–water partition coefficient (Wildman–Crippen LogP) is 1.36. The first-order valence-electron chi connectivity index (χ1n) is 3.65. The Morgan fingerprint density at radius 2 is 2.50 bits per heavy atom. The Morgan fingerprint density at radius 3 is 2.83 bits per heavy atom. The summed E-state index contributed by atoms with van der Waals surface area (Å²) in [6.07, 6.45) is 0. The number of urea groups is 1. The molecule has 5 heteroatoms. The minimum Gasteiger partial charge on any atom is -0.351 e. The first-order chi connectivity index (χ1) is 5.65. The molecule has 1 aromatic heterocycles. The van der Waals surface area contributed by atoms with Crippen LogP contribution in [0.1, 0.15) is 12.6 Å². The lowest BCUT2D eigenvalue weighted by Crippen LogP contribution is -2.34.